The molecule has 0 radical (unpaired) electrons. The van der Waals surface area contributed by atoms with E-state index in [0.717, 1.165) is 6.07 Å². The van der Waals surface area contributed by atoms with Crippen molar-refractivity contribution >= 4 is 23.2 Å². The van der Waals surface area contributed by atoms with Gasteiger partial charge >= 0.3 is 6.18 Å². The molecule has 0 spiro atoms. The molecule has 0 N–H and O–H groups in total. The second-order valence-electron chi connectivity index (χ2n) is 4.10. The summed E-state index contributed by atoms with van der Waals surface area (Å²) in [4.78, 5) is 0. The first-order chi connectivity index (χ1) is 9.82. The Hall–Kier alpha value is -1.46. The highest BCUT2D eigenvalue weighted by atomic mass is 35.5. The molecule has 7 heteroatoms. The quantitative estimate of drug-likeness (QED) is 0.490. The summed E-state index contributed by atoms with van der Waals surface area (Å²) in [6.45, 7) is 0. The SMILES string of the molecule is Fc1c(Cl)cccc1Oc1ccc(CCl)c(C(F)(F)F)c1. The number of alkyl halides is 4. The summed E-state index contributed by atoms with van der Waals surface area (Å²) in [5, 5.41) is -0.180. The maximum absolute atomic E-state index is 13.7. The second-order valence-corrected chi connectivity index (χ2v) is 4.78. The van der Waals surface area contributed by atoms with Crippen molar-refractivity contribution < 1.29 is 22.3 Å². The highest BCUT2D eigenvalue weighted by molar-refractivity contribution is 6.30. The molecule has 0 aliphatic carbocycles. The molecule has 0 saturated heterocycles. The van der Waals surface area contributed by atoms with Gasteiger partial charge in [0.05, 0.1) is 10.6 Å². The minimum absolute atomic E-state index is 0.0805. The number of hydrogen-bond donors (Lipinski definition) is 0. The molecule has 2 aromatic carbocycles. The number of ether oxygens (including phenoxy) is 1. The van der Waals surface area contributed by atoms with E-state index in [9.17, 15) is 17.6 Å². The van der Waals surface area contributed by atoms with E-state index >= 15 is 0 Å². The Kier molecular flexibility index (Phi) is 4.64. The predicted molar refractivity (Wildman–Crippen MR) is 72.5 cm³/mol. The van der Waals surface area contributed by atoms with Gasteiger partial charge in [0.1, 0.15) is 5.75 Å². The van der Waals surface area contributed by atoms with Gasteiger partial charge in [-0.15, -0.1) is 11.6 Å². The zero-order valence-corrected chi connectivity index (χ0v) is 11.9. The third kappa shape index (κ3) is 3.60. The smallest absolute Gasteiger partial charge is 0.416 e. The average molecular weight is 339 g/mol. The molecule has 0 amide bonds. The largest absolute Gasteiger partial charge is 0.454 e. The highest BCUT2D eigenvalue weighted by Gasteiger charge is 2.33. The van der Waals surface area contributed by atoms with Crippen LogP contribution in [-0.4, -0.2) is 0 Å². The molecule has 0 saturated carbocycles. The molecule has 1 nitrogen and oxygen atoms in total. The zero-order valence-electron chi connectivity index (χ0n) is 10.3. The molecule has 112 valence electrons. The molecule has 0 aliphatic rings. The van der Waals surface area contributed by atoms with Gasteiger partial charge in [-0.05, 0) is 29.8 Å². The Morgan fingerprint density at radius 3 is 2.43 bits per heavy atom. The van der Waals surface area contributed by atoms with Crippen molar-refractivity contribution in [2.24, 2.45) is 0 Å². The van der Waals surface area contributed by atoms with E-state index in [-0.39, 0.29) is 28.0 Å². The van der Waals surface area contributed by atoms with Gasteiger partial charge in [0, 0.05) is 5.88 Å². The molecule has 0 bridgehead atoms. The van der Waals surface area contributed by atoms with Crippen molar-refractivity contribution in [3.05, 3.63) is 58.4 Å². The van der Waals surface area contributed by atoms with Crippen LogP contribution in [0.2, 0.25) is 5.02 Å². The Balaban J connectivity index is 2.40. The minimum Gasteiger partial charge on any atom is -0.454 e. The molecular weight excluding hydrogens is 331 g/mol. The van der Waals surface area contributed by atoms with Gasteiger partial charge in [0.2, 0.25) is 0 Å². The fraction of sp³-hybridized carbons (Fsp3) is 0.143. The first-order valence-corrected chi connectivity index (χ1v) is 6.62. The summed E-state index contributed by atoms with van der Waals surface area (Å²) in [6.07, 6.45) is -4.57. The fourth-order valence-electron chi connectivity index (χ4n) is 1.69. The zero-order chi connectivity index (χ0) is 15.6. The first kappa shape index (κ1) is 15.9. The molecule has 2 aromatic rings. The van der Waals surface area contributed by atoms with E-state index < -0.39 is 17.6 Å². The standard InChI is InChI=1S/C14H8Cl2F4O/c15-7-8-4-5-9(6-10(8)14(18,19)20)21-12-3-1-2-11(16)13(12)17/h1-6H,7H2. The first-order valence-electron chi connectivity index (χ1n) is 5.71. The van der Waals surface area contributed by atoms with Crippen molar-refractivity contribution in [1.82, 2.24) is 0 Å². The molecule has 0 unspecified atom stereocenters. The third-order valence-electron chi connectivity index (χ3n) is 2.67. The number of halogens is 6. The lowest BCUT2D eigenvalue weighted by molar-refractivity contribution is -0.138. The van der Waals surface area contributed by atoms with Crippen LogP contribution < -0.4 is 4.74 Å². The average Bonchev–Trinajstić information content (AvgIpc) is 2.43. The van der Waals surface area contributed by atoms with Crippen LogP contribution in [-0.2, 0) is 12.1 Å². The van der Waals surface area contributed by atoms with Crippen molar-refractivity contribution in [3.8, 4) is 11.5 Å². The van der Waals surface area contributed by atoms with Crippen LogP contribution in [0.15, 0.2) is 36.4 Å². The van der Waals surface area contributed by atoms with E-state index in [1.165, 1.54) is 30.3 Å². The normalized spacial score (nSPS) is 11.5. The van der Waals surface area contributed by atoms with Gasteiger partial charge in [-0.25, -0.2) is 4.39 Å². The van der Waals surface area contributed by atoms with E-state index in [1.54, 1.807) is 0 Å². The van der Waals surface area contributed by atoms with E-state index in [0.29, 0.717) is 0 Å². The van der Waals surface area contributed by atoms with E-state index in [1.807, 2.05) is 0 Å². The van der Waals surface area contributed by atoms with Gasteiger partial charge in [-0.1, -0.05) is 23.7 Å². The third-order valence-corrected chi connectivity index (χ3v) is 3.25. The molecule has 0 aliphatic heterocycles. The van der Waals surface area contributed by atoms with Crippen LogP contribution >= 0.6 is 23.2 Å². The number of benzene rings is 2. The van der Waals surface area contributed by atoms with Crippen LogP contribution in [0, 0.1) is 5.82 Å². The Morgan fingerprint density at radius 2 is 1.81 bits per heavy atom. The van der Waals surface area contributed by atoms with Crippen molar-refractivity contribution in [2.75, 3.05) is 0 Å². The topological polar surface area (TPSA) is 9.23 Å². The van der Waals surface area contributed by atoms with E-state index in [2.05, 4.69) is 0 Å². The predicted octanol–water partition coefficient (Wildman–Crippen LogP) is 6.03. The number of rotatable bonds is 3. The van der Waals surface area contributed by atoms with Crippen LogP contribution in [0.25, 0.3) is 0 Å². The van der Waals surface area contributed by atoms with Crippen molar-refractivity contribution in [2.45, 2.75) is 12.1 Å². The molecule has 0 heterocycles. The lowest BCUT2D eigenvalue weighted by Crippen LogP contribution is -2.08. The lowest BCUT2D eigenvalue weighted by Gasteiger charge is -2.14. The maximum Gasteiger partial charge on any atom is 0.416 e. The maximum atomic E-state index is 13.7. The molecule has 0 aromatic heterocycles. The molecule has 2 rings (SSSR count). The van der Waals surface area contributed by atoms with Crippen LogP contribution in [0.5, 0.6) is 11.5 Å². The summed E-state index contributed by atoms with van der Waals surface area (Å²) in [6, 6.07) is 7.25. The van der Waals surface area contributed by atoms with Crippen molar-refractivity contribution in [1.29, 1.82) is 0 Å². The minimum atomic E-state index is -4.57. The summed E-state index contributed by atoms with van der Waals surface area (Å²) in [5.41, 5.74) is -1.000. The summed E-state index contributed by atoms with van der Waals surface area (Å²) < 4.78 is 57.5. The molecular formula is C14H8Cl2F4O. The van der Waals surface area contributed by atoms with Gasteiger partial charge < -0.3 is 4.74 Å². The monoisotopic (exact) mass is 338 g/mol. The molecule has 0 atom stereocenters. The van der Waals surface area contributed by atoms with E-state index in [4.69, 9.17) is 27.9 Å². The van der Waals surface area contributed by atoms with Gasteiger partial charge in [-0.3, -0.25) is 0 Å². The number of hydrogen-bond acceptors (Lipinski definition) is 1. The van der Waals surface area contributed by atoms with Crippen LogP contribution in [0.3, 0.4) is 0 Å². The molecule has 21 heavy (non-hydrogen) atoms. The lowest BCUT2D eigenvalue weighted by atomic mass is 10.1. The highest BCUT2D eigenvalue weighted by Crippen LogP contribution is 2.37. The Labute approximate surface area is 128 Å². The Morgan fingerprint density at radius 1 is 1.10 bits per heavy atom. The summed E-state index contributed by atoms with van der Waals surface area (Å²) >= 11 is 11.1. The van der Waals surface area contributed by atoms with Crippen LogP contribution in [0.1, 0.15) is 11.1 Å². The summed E-state index contributed by atoms with van der Waals surface area (Å²) in [5.74, 6) is -1.54. The van der Waals surface area contributed by atoms with Crippen molar-refractivity contribution in [3.63, 3.8) is 0 Å². The van der Waals surface area contributed by atoms with Crippen LogP contribution in [0.4, 0.5) is 17.6 Å². The summed E-state index contributed by atoms with van der Waals surface area (Å²) in [7, 11) is 0. The molecule has 0 fully saturated rings. The Bertz CT molecular complexity index is 656. The van der Waals surface area contributed by atoms with Gasteiger partial charge in [0.15, 0.2) is 11.6 Å². The second kappa shape index (κ2) is 6.12. The van der Waals surface area contributed by atoms with Gasteiger partial charge in [0.25, 0.3) is 0 Å². The fourth-order valence-corrected chi connectivity index (χ4v) is 2.09. The van der Waals surface area contributed by atoms with Gasteiger partial charge in [-0.2, -0.15) is 13.2 Å².